The van der Waals surface area contributed by atoms with Gasteiger partial charge in [0, 0.05) is 24.1 Å². The molecule has 132 valence electrons. The Morgan fingerprint density at radius 3 is 2.64 bits per heavy atom. The molecule has 0 radical (unpaired) electrons. The van der Waals surface area contributed by atoms with Crippen molar-refractivity contribution in [1.29, 1.82) is 0 Å². The van der Waals surface area contributed by atoms with Gasteiger partial charge in [-0.25, -0.2) is 0 Å². The fourth-order valence-corrected chi connectivity index (χ4v) is 6.23. The lowest BCUT2D eigenvalue weighted by atomic mass is 9.74. The van der Waals surface area contributed by atoms with Gasteiger partial charge in [-0.2, -0.15) is 0 Å². The van der Waals surface area contributed by atoms with Crippen molar-refractivity contribution in [3.63, 3.8) is 0 Å². The summed E-state index contributed by atoms with van der Waals surface area (Å²) in [5.74, 6) is 2.03. The maximum absolute atomic E-state index is 12.4. The standard InChI is InChI=1S/C22H28N2O/c1-23-21(25)18-14-22(19-5-3-2-4-17(18)19)8-10-24(11-9-22)20-13-15-6-7-16(20)12-15/h2-5,14-16,20H,6-13H2,1H3,(H,23,25)/t15-,16-,20?/m1/s1. The number of piperidine rings is 1. The summed E-state index contributed by atoms with van der Waals surface area (Å²) in [4.78, 5) is 15.2. The van der Waals surface area contributed by atoms with Crippen LogP contribution in [-0.4, -0.2) is 37.0 Å². The fourth-order valence-electron chi connectivity index (χ4n) is 6.23. The molecule has 4 aliphatic rings. The van der Waals surface area contributed by atoms with Gasteiger partial charge in [0.15, 0.2) is 0 Å². The van der Waals surface area contributed by atoms with Crippen LogP contribution in [0.4, 0.5) is 0 Å². The smallest absolute Gasteiger partial charge is 0.251 e. The first-order valence-electron chi connectivity index (χ1n) is 9.99. The molecule has 25 heavy (non-hydrogen) atoms. The molecular weight excluding hydrogens is 308 g/mol. The Labute approximate surface area is 150 Å². The molecule has 3 nitrogen and oxygen atoms in total. The number of benzene rings is 1. The van der Waals surface area contributed by atoms with Crippen molar-refractivity contribution >= 4 is 11.5 Å². The number of nitrogens with one attached hydrogen (secondary N) is 1. The summed E-state index contributed by atoms with van der Waals surface area (Å²) >= 11 is 0. The first-order valence-corrected chi connectivity index (χ1v) is 9.99. The quantitative estimate of drug-likeness (QED) is 0.898. The zero-order chi connectivity index (χ0) is 17.0. The van der Waals surface area contributed by atoms with E-state index in [1.165, 1.54) is 44.3 Å². The molecule has 1 spiro atoms. The molecule has 3 aliphatic carbocycles. The first kappa shape index (κ1) is 15.6. The Kier molecular flexibility index (Phi) is 3.56. The highest BCUT2D eigenvalue weighted by Crippen LogP contribution is 2.50. The predicted molar refractivity (Wildman–Crippen MR) is 100 cm³/mol. The van der Waals surface area contributed by atoms with Gasteiger partial charge in [-0.3, -0.25) is 4.79 Å². The maximum Gasteiger partial charge on any atom is 0.251 e. The van der Waals surface area contributed by atoms with E-state index in [-0.39, 0.29) is 11.3 Å². The van der Waals surface area contributed by atoms with E-state index in [9.17, 15) is 4.79 Å². The average Bonchev–Trinajstić information content (AvgIpc) is 3.36. The van der Waals surface area contributed by atoms with E-state index in [0.29, 0.717) is 0 Å². The highest BCUT2D eigenvalue weighted by atomic mass is 16.1. The largest absolute Gasteiger partial charge is 0.355 e. The van der Waals surface area contributed by atoms with E-state index in [4.69, 9.17) is 0 Å². The van der Waals surface area contributed by atoms with Gasteiger partial charge < -0.3 is 10.2 Å². The van der Waals surface area contributed by atoms with Crippen molar-refractivity contribution in [3.8, 4) is 0 Å². The van der Waals surface area contributed by atoms with Gasteiger partial charge in [-0.1, -0.05) is 36.8 Å². The number of fused-ring (bicyclic) bond motifs is 4. The summed E-state index contributed by atoms with van der Waals surface area (Å²) in [6.45, 7) is 2.36. The second kappa shape index (κ2) is 5.70. The molecule has 1 amide bonds. The number of likely N-dealkylation sites (tertiary alicyclic amines) is 1. The lowest BCUT2D eigenvalue weighted by molar-refractivity contribution is -0.115. The van der Waals surface area contributed by atoms with Crippen LogP contribution in [0.25, 0.3) is 5.57 Å². The summed E-state index contributed by atoms with van der Waals surface area (Å²) < 4.78 is 0. The molecule has 3 atom stereocenters. The third-order valence-electron chi connectivity index (χ3n) is 7.51. The minimum absolute atomic E-state index is 0.0554. The van der Waals surface area contributed by atoms with Crippen LogP contribution < -0.4 is 5.32 Å². The van der Waals surface area contributed by atoms with Crippen molar-refractivity contribution in [2.24, 2.45) is 11.8 Å². The number of allylic oxidation sites excluding steroid dienone is 1. The molecular formula is C22H28N2O. The third-order valence-corrected chi connectivity index (χ3v) is 7.51. The van der Waals surface area contributed by atoms with Crippen LogP contribution in [0.1, 0.15) is 49.7 Å². The second-order valence-electron chi connectivity index (χ2n) is 8.62. The molecule has 2 saturated carbocycles. The molecule has 1 unspecified atom stereocenters. The average molecular weight is 336 g/mol. The summed E-state index contributed by atoms with van der Waals surface area (Å²) in [6.07, 6.45) is 10.4. The number of hydrogen-bond donors (Lipinski definition) is 1. The fraction of sp³-hybridized carbons (Fsp3) is 0.591. The van der Waals surface area contributed by atoms with E-state index in [1.807, 2.05) is 0 Å². The van der Waals surface area contributed by atoms with Crippen molar-refractivity contribution in [3.05, 3.63) is 41.5 Å². The SMILES string of the molecule is CNC(=O)C1=CC2(CCN(C3C[C@@H]4CC[C@@H]3C4)CC2)c2ccccc21. The molecule has 2 bridgehead atoms. The molecule has 1 saturated heterocycles. The van der Waals surface area contributed by atoms with Crippen LogP contribution >= 0.6 is 0 Å². The van der Waals surface area contributed by atoms with Crippen molar-refractivity contribution < 1.29 is 4.79 Å². The minimum atomic E-state index is 0.0554. The summed E-state index contributed by atoms with van der Waals surface area (Å²) in [7, 11) is 1.73. The highest BCUT2D eigenvalue weighted by molar-refractivity contribution is 6.21. The van der Waals surface area contributed by atoms with Crippen LogP contribution in [0, 0.1) is 11.8 Å². The highest BCUT2D eigenvalue weighted by Gasteiger charge is 2.46. The van der Waals surface area contributed by atoms with Crippen molar-refractivity contribution in [2.75, 3.05) is 20.1 Å². The Hall–Kier alpha value is -1.61. The number of carbonyl (C=O) groups is 1. The summed E-state index contributed by atoms with van der Waals surface area (Å²) in [5.41, 5.74) is 3.48. The Morgan fingerprint density at radius 2 is 1.96 bits per heavy atom. The normalized spacial score (nSPS) is 32.7. The third kappa shape index (κ3) is 2.32. The van der Waals surface area contributed by atoms with Gasteiger partial charge in [-0.05, 0) is 68.2 Å². The summed E-state index contributed by atoms with van der Waals surface area (Å²) in [6, 6.07) is 9.39. The van der Waals surface area contributed by atoms with Gasteiger partial charge in [0.05, 0.1) is 0 Å². The van der Waals surface area contributed by atoms with Gasteiger partial charge in [0.25, 0.3) is 5.91 Å². The van der Waals surface area contributed by atoms with Crippen LogP contribution in [0.3, 0.4) is 0 Å². The first-order chi connectivity index (χ1) is 12.2. The van der Waals surface area contributed by atoms with Crippen LogP contribution in [0.5, 0.6) is 0 Å². The minimum Gasteiger partial charge on any atom is -0.355 e. The van der Waals surface area contributed by atoms with E-state index >= 15 is 0 Å². The Morgan fingerprint density at radius 1 is 1.16 bits per heavy atom. The van der Waals surface area contributed by atoms with Crippen molar-refractivity contribution in [1.82, 2.24) is 10.2 Å². The van der Waals surface area contributed by atoms with Crippen LogP contribution in [-0.2, 0) is 10.2 Å². The molecule has 1 N–H and O–H groups in total. The Balaban J connectivity index is 1.40. The molecule has 3 heteroatoms. The Bertz CT molecular complexity index is 729. The van der Waals surface area contributed by atoms with Crippen LogP contribution in [0.2, 0.25) is 0 Å². The zero-order valence-electron chi connectivity index (χ0n) is 15.1. The summed E-state index contributed by atoms with van der Waals surface area (Å²) in [5, 5.41) is 2.82. The van der Waals surface area contributed by atoms with E-state index in [1.54, 1.807) is 7.05 Å². The molecule has 5 rings (SSSR count). The number of likely N-dealkylation sites (N-methyl/N-ethyl adjacent to an activating group) is 1. The van der Waals surface area contributed by atoms with Crippen molar-refractivity contribution in [2.45, 2.75) is 50.0 Å². The van der Waals surface area contributed by atoms with E-state index < -0.39 is 0 Å². The van der Waals surface area contributed by atoms with E-state index in [0.717, 1.165) is 41.9 Å². The predicted octanol–water partition coefficient (Wildman–Crippen LogP) is 3.35. The van der Waals surface area contributed by atoms with Gasteiger partial charge >= 0.3 is 0 Å². The number of carbonyl (C=O) groups excluding carboxylic acids is 1. The number of nitrogens with zero attached hydrogens (tertiary/aromatic N) is 1. The van der Waals surface area contributed by atoms with E-state index in [2.05, 4.69) is 40.6 Å². The molecule has 1 aliphatic heterocycles. The second-order valence-corrected chi connectivity index (χ2v) is 8.62. The van der Waals surface area contributed by atoms with Gasteiger partial charge in [0.1, 0.15) is 0 Å². The molecule has 0 aromatic heterocycles. The van der Waals surface area contributed by atoms with Crippen LogP contribution in [0.15, 0.2) is 30.3 Å². The number of rotatable bonds is 2. The maximum atomic E-state index is 12.4. The number of hydrogen-bond acceptors (Lipinski definition) is 2. The molecule has 1 aromatic carbocycles. The molecule has 1 heterocycles. The van der Waals surface area contributed by atoms with Gasteiger partial charge in [0.2, 0.25) is 0 Å². The molecule has 1 aromatic rings. The number of amides is 1. The van der Waals surface area contributed by atoms with Gasteiger partial charge in [-0.15, -0.1) is 0 Å². The lowest BCUT2D eigenvalue weighted by Crippen LogP contribution is -2.47. The molecule has 3 fully saturated rings. The topological polar surface area (TPSA) is 32.3 Å². The lowest BCUT2D eigenvalue weighted by Gasteiger charge is -2.44. The zero-order valence-corrected chi connectivity index (χ0v) is 15.1. The monoisotopic (exact) mass is 336 g/mol.